The first-order valence-corrected chi connectivity index (χ1v) is 9.47. The van der Waals surface area contributed by atoms with Gasteiger partial charge in [-0.15, -0.1) is 23.7 Å². The lowest BCUT2D eigenvalue weighted by Crippen LogP contribution is -2.35. The van der Waals surface area contributed by atoms with Crippen molar-refractivity contribution in [3.8, 4) is 0 Å². The minimum Gasteiger partial charge on any atom is -0.308 e. The van der Waals surface area contributed by atoms with Gasteiger partial charge in [0, 0.05) is 19.6 Å². The van der Waals surface area contributed by atoms with E-state index < -0.39 is 10.0 Å². The molecular formula is C15H20Cl2N2O2S2. The van der Waals surface area contributed by atoms with E-state index in [1.165, 1.54) is 4.31 Å². The molecular weight excluding hydrogens is 375 g/mol. The average molecular weight is 395 g/mol. The normalized spacial score (nSPS) is 11.7. The molecule has 4 nitrogen and oxygen atoms in total. The molecule has 0 saturated carbocycles. The van der Waals surface area contributed by atoms with Crippen molar-refractivity contribution in [1.82, 2.24) is 9.21 Å². The van der Waals surface area contributed by atoms with Gasteiger partial charge in [0.05, 0.1) is 4.34 Å². The first-order chi connectivity index (χ1) is 10.4. The number of rotatable bonds is 7. The van der Waals surface area contributed by atoms with Gasteiger partial charge in [0.25, 0.3) is 10.0 Å². The van der Waals surface area contributed by atoms with Gasteiger partial charge in [0.15, 0.2) is 0 Å². The summed E-state index contributed by atoms with van der Waals surface area (Å²) >= 11 is 6.98. The third-order valence-corrected chi connectivity index (χ3v) is 6.68. The number of hydrogen-bond donors (Lipinski definition) is 0. The first-order valence-electron chi connectivity index (χ1n) is 6.84. The molecule has 23 heavy (non-hydrogen) atoms. The Bertz CT molecular complexity index is 703. The molecule has 0 amide bonds. The Morgan fingerprint density at radius 2 is 1.70 bits per heavy atom. The molecule has 0 N–H and O–H groups in total. The van der Waals surface area contributed by atoms with Crippen molar-refractivity contribution in [3.05, 3.63) is 52.4 Å². The minimum atomic E-state index is -3.53. The van der Waals surface area contributed by atoms with E-state index >= 15 is 0 Å². The van der Waals surface area contributed by atoms with Gasteiger partial charge in [-0.2, -0.15) is 4.31 Å². The van der Waals surface area contributed by atoms with Crippen molar-refractivity contribution in [2.24, 2.45) is 0 Å². The van der Waals surface area contributed by atoms with Crippen LogP contribution in [0.4, 0.5) is 0 Å². The van der Waals surface area contributed by atoms with Crippen LogP contribution in [0.15, 0.2) is 46.7 Å². The maximum Gasteiger partial charge on any atom is 0.252 e. The molecule has 1 aromatic heterocycles. The third-order valence-electron chi connectivity index (χ3n) is 3.14. The zero-order chi connectivity index (χ0) is 16.2. The highest BCUT2D eigenvalue weighted by Crippen LogP contribution is 2.28. The molecule has 0 atom stereocenters. The van der Waals surface area contributed by atoms with Crippen molar-refractivity contribution in [2.75, 3.05) is 27.2 Å². The molecule has 0 radical (unpaired) electrons. The molecule has 128 valence electrons. The number of nitrogens with zero attached hydrogens (tertiary/aromatic N) is 2. The van der Waals surface area contributed by atoms with Crippen molar-refractivity contribution >= 4 is 45.4 Å². The highest BCUT2D eigenvalue weighted by molar-refractivity contribution is 7.91. The smallest absolute Gasteiger partial charge is 0.252 e. The summed E-state index contributed by atoms with van der Waals surface area (Å²) in [6.07, 6.45) is 0. The summed E-state index contributed by atoms with van der Waals surface area (Å²) in [5.74, 6) is 0. The summed E-state index contributed by atoms with van der Waals surface area (Å²) in [5.41, 5.74) is 0.965. The second kappa shape index (κ2) is 9.01. The van der Waals surface area contributed by atoms with Crippen LogP contribution in [0.3, 0.4) is 0 Å². The molecule has 0 spiro atoms. The Hall–Kier alpha value is -0.630. The molecule has 0 saturated heterocycles. The summed E-state index contributed by atoms with van der Waals surface area (Å²) < 4.78 is 27.9. The van der Waals surface area contributed by atoms with Gasteiger partial charge in [-0.3, -0.25) is 0 Å². The van der Waals surface area contributed by atoms with E-state index in [1.807, 2.05) is 49.3 Å². The van der Waals surface area contributed by atoms with Gasteiger partial charge in [-0.05, 0) is 31.8 Å². The highest BCUT2D eigenvalue weighted by atomic mass is 35.5. The molecule has 1 heterocycles. The fourth-order valence-corrected chi connectivity index (χ4v) is 5.00. The Kier molecular flexibility index (Phi) is 8.00. The monoisotopic (exact) mass is 394 g/mol. The average Bonchev–Trinajstić information content (AvgIpc) is 2.91. The van der Waals surface area contributed by atoms with Crippen LogP contribution in [0, 0.1) is 0 Å². The van der Waals surface area contributed by atoms with Crippen molar-refractivity contribution in [3.63, 3.8) is 0 Å². The number of benzene rings is 1. The lowest BCUT2D eigenvalue weighted by atomic mass is 10.2. The van der Waals surface area contributed by atoms with Gasteiger partial charge in [-0.1, -0.05) is 41.9 Å². The second-order valence-electron chi connectivity index (χ2n) is 5.19. The number of hydrogen-bond acceptors (Lipinski definition) is 4. The zero-order valence-corrected chi connectivity index (χ0v) is 16.2. The van der Waals surface area contributed by atoms with Crippen LogP contribution in [0.2, 0.25) is 4.34 Å². The van der Waals surface area contributed by atoms with Crippen molar-refractivity contribution in [1.29, 1.82) is 0 Å². The van der Waals surface area contributed by atoms with Crippen LogP contribution in [0.25, 0.3) is 0 Å². The topological polar surface area (TPSA) is 40.6 Å². The highest BCUT2D eigenvalue weighted by Gasteiger charge is 2.26. The summed E-state index contributed by atoms with van der Waals surface area (Å²) in [5, 5.41) is 0. The van der Waals surface area contributed by atoms with E-state index in [4.69, 9.17) is 11.6 Å². The van der Waals surface area contributed by atoms with Crippen LogP contribution in [0.5, 0.6) is 0 Å². The first kappa shape index (κ1) is 20.4. The largest absolute Gasteiger partial charge is 0.308 e. The molecule has 0 aliphatic heterocycles. The molecule has 0 unspecified atom stereocenters. The van der Waals surface area contributed by atoms with E-state index in [0.29, 0.717) is 24.0 Å². The third kappa shape index (κ3) is 5.74. The number of halogens is 2. The molecule has 0 aliphatic carbocycles. The minimum absolute atomic E-state index is 0. The number of thiophene rings is 1. The van der Waals surface area contributed by atoms with Crippen molar-refractivity contribution in [2.45, 2.75) is 10.8 Å². The Morgan fingerprint density at radius 1 is 1.04 bits per heavy atom. The van der Waals surface area contributed by atoms with Crippen molar-refractivity contribution < 1.29 is 8.42 Å². The zero-order valence-electron chi connectivity index (χ0n) is 13.0. The van der Waals surface area contributed by atoms with Crippen LogP contribution >= 0.6 is 35.3 Å². The van der Waals surface area contributed by atoms with E-state index in [9.17, 15) is 8.42 Å². The lowest BCUT2D eigenvalue weighted by molar-refractivity contribution is 0.330. The Labute approximate surface area is 153 Å². The van der Waals surface area contributed by atoms with E-state index in [0.717, 1.165) is 16.9 Å². The summed E-state index contributed by atoms with van der Waals surface area (Å²) in [6, 6.07) is 12.8. The Morgan fingerprint density at radius 3 is 2.22 bits per heavy atom. The van der Waals surface area contributed by atoms with Gasteiger partial charge in [-0.25, -0.2) is 8.42 Å². The van der Waals surface area contributed by atoms with Crippen LogP contribution in [0.1, 0.15) is 5.56 Å². The van der Waals surface area contributed by atoms with Crippen LogP contribution in [-0.2, 0) is 16.6 Å². The Balaban J connectivity index is 0.00000264. The van der Waals surface area contributed by atoms with Crippen LogP contribution in [-0.4, -0.2) is 44.8 Å². The van der Waals surface area contributed by atoms with E-state index in [1.54, 1.807) is 12.1 Å². The molecule has 2 rings (SSSR count). The maximum atomic E-state index is 12.8. The fraction of sp³-hybridized carbons (Fsp3) is 0.333. The summed E-state index contributed by atoms with van der Waals surface area (Å²) in [4.78, 5) is 1.97. The number of sulfonamides is 1. The number of likely N-dealkylation sites (N-methyl/N-ethyl adjacent to an activating group) is 1. The maximum absolute atomic E-state index is 12.8. The fourth-order valence-electron chi connectivity index (χ4n) is 1.95. The summed E-state index contributed by atoms with van der Waals surface area (Å²) in [7, 11) is 0.318. The van der Waals surface area contributed by atoms with Gasteiger partial charge < -0.3 is 4.90 Å². The standard InChI is InChI=1S/C15H19ClN2O2S2.ClH/c1-17(2)10-11-18(12-13-6-4-3-5-7-13)22(19,20)15-9-8-14(16)21-15;/h3-9H,10-12H2,1-2H3;1H. The van der Waals surface area contributed by atoms with E-state index in [-0.39, 0.29) is 16.6 Å². The SMILES string of the molecule is CN(C)CCN(Cc1ccccc1)S(=O)(=O)c1ccc(Cl)s1.Cl. The summed E-state index contributed by atoms with van der Waals surface area (Å²) in [6.45, 7) is 1.44. The molecule has 0 fully saturated rings. The predicted octanol–water partition coefficient (Wildman–Crippen LogP) is 3.58. The van der Waals surface area contributed by atoms with Gasteiger partial charge >= 0.3 is 0 Å². The van der Waals surface area contributed by atoms with Gasteiger partial charge in [0.2, 0.25) is 0 Å². The van der Waals surface area contributed by atoms with E-state index in [2.05, 4.69) is 0 Å². The molecule has 1 aromatic carbocycles. The quantitative estimate of drug-likeness (QED) is 0.720. The van der Waals surface area contributed by atoms with Gasteiger partial charge in [0.1, 0.15) is 4.21 Å². The molecule has 8 heteroatoms. The molecule has 0 aliphatic rings. The second-order valence-corrected chi connectivity index (χ2v) is 9.07. The molecule has 2 aromatic rings. The lowest BCUT2D eigenvalue weighted by Gasteiger charge is -2.23. The van der Waals surface area contributed by atoms with Crippen LogP contribution < -0.4 is 0 Å². The predicted molar refractivity (Wildman–Crippen MR) is 99.2 cm³/mol. The molecule has 0 bridgehead atoms.